The minimum Gasteiger partial charge on any atom is -0.379 e. The maximum atomic E-state index is 12.8. The van der Waals surface area contributed by atoms with E-state index >= 15 is 0 Å². The van der Waals surface area contributed by atoms with E-state index in [2.05, 4.69) is 59.0 Å². The Morgan fingerprint density at radius 1 is 1.15 bits per heavy atom. The molecule has 7 heteroatoms. The van der Waals surface area contributed by atoms with Gasteiger partial charge in [-0.2, -0.15) is 0 Å². The van der Waals surface area contributed by atoms with Crippen LogP contribution >= 0.6 is 11.6 Å². The number of hydrogen-bond donors (Lipinski definition) is 1. The predicted molar refractivity (Wildman–Crippen MR) is 137 cm³/mol. The maximum absolute atomic E-state index is 12.8. The largest absolute Gasteiger partial charge is 0.379 e. The molecule has 1 atom stereocenters. The highest BCUT2D eigenvalue weighted by molar-refractivity contribution is 6.32. The summed E-state index contributed by atoms with van der Waals surface area (Å²) >= 11 is 6.44. The number of anilines is 1. The molecule has 3 heterocycles. The molecule has 0 aliphatic carbocycles. The number of piperidine rings is 1. The zero-order chi connectivity index (χ0) is 23.8. The van der Waals surface area contributed by atoms with E-state index in [0.29, 0.717) is 12.5 Å². The van der Waals surface area contributed by atoms with Crippen molar-refractivity contribution in [1.29, 1.82) is 0 Å². The summed E-state index contributed by atoms with van der Waals surface area (Å²) < 4.78 is 7.63. The molecular formula is C27H33ClN4O2. The maximum Gasteiger partial charge on any atom is 0.223 e. The number of imidazole rings is 1. The molecule has 5 rings (SSSR count). The number of hydrogen-bond acceptors (Lipinski definition) is 4. The second-order valence-electron chi connectivity index (χ2n) is 9.91. The van der Waals surface area contributed by atoms with Gasteiger partial charge < -0.3 is 15.0 Å². The van der Waals surface area contributed by atoms with Gasteiger partial charge in [0.2, 0.25) is 11.9 Å². The van der Waals surface area contributed by atoms with Gasteiger partial charge in [0.15, 0.2) is 0 Å². The number of fused-ring (bicyclic) bond motifs is 1. The Morgan fingerprint density at radius 2 is 1.88 bits per heavy atom. The van der Waals surface area contributed by atoms with Gasteiger partial charge in [-0.25, -0.2) is 4.98 Å². The van der Waals surface area contributed by atoms with Crippen LogP contribution in [0.1, 0.15) is 50.2 Å². The molecule has 2 aliphatic rings. The number of benzene rings is 2. The number of amides is 1. The summed E-state index contributed by atoms with van der Waals surface area (Å²) in [7, 11) is 0. The third kappa shape index (κ3) is 4.53. The Labute approximate surface area is 206 Å². The number of ether oxygens (including phenoxy) is 1. The van der Waals surface area contributed by atoms with Crippen LogP contribution in [0.4, 0.5) is 5.95 Å². The van der Waals surface area contributed by atoms with Crippen LogP contribution in [0.5, 0.6) is 0 Å². The van der Waals surface area contributed by atoms with E-state index in [9.17, 15) is 4.79 Å². The van der Waals surface area contributed by atoms with Crippen LogP contribution in [0.2, 0.25) is 5.02 Å². The van der Waals surface area contributed by atoms with Crippen molar-refractivity contribution in [2.45, 2.75) is 52.0 Å². The van der Waals surface area contributed by atoms with Crippen LogP contribution in [0.3, 0.4) is 0 Å². The average molecular weight is 481 g/mol. The van der Waals surface area contributed by atoms with Crippen LogP contribution in [0.25, 0.3) is 16.7 Å². The number of aromatic nitrogens is 2. The standard InChI is InChI=1S/C27H33ClN4O2/c1-17(2)19-4-6-22(7-5-19)32-25-14-18(3)23(28)15-24(25)30-27(32)31-11-8-20(9-12-31)26(33)29-21-10-13-34-16-21/h4-7,14-15,17,20-21H,8-13,16H2,1-3H3,(H,29,33)/t21-/m1/s1. The second kappa shape index (κ2) is 9.59. The van der Waals surface area contributed by atoms with Gasteiger partial charge in [0.05, 0.1) is 23.7 Å². The molecule has 2 aromatic carbocycles. The van der Waals surface area contributed by atoms with E-state index in [1.807, 2.05) is 13.0 Å². The third-order valence-corrected chi connectivity index (χ3v) is 7.57. The van der Waals surface area contributed by atoms with Gasteiger partial charge in [0.25, 0.3) is 0 Å². The average Bonchev–Trinajstić information content (AvgIpc) is 3.47. The number of nitrogens with one attached hydrogen (secondary N) is 1. The number of carbonyl (C=O) groups is 1. The van der Waals surface area contributed by atoms with Crippen LogP contribution < -0.4 is 10.2 Å². The highest BCUT2D eigenvalue weighted by Gasteiger charge is 2.30. The van der Waals surface area contributed by atoms with Gasteiger partial charge >= 0.3 is 0 Å². The first-order valence-electron chi connectivity index (χ1n) is 12.3. The Balaban J connectivity index is 1.42. The predicted octanol–water partition coefficient (Wildman–Crippen LogP) is 5.23. The van der Waals surface area contributed by atoms with Gasteiger partial charge in [0.1, 0.15) is 0 Å². The van der Waals surface area contributed by atoms with E-state index in [0.717, 1.165) is 72.2 Å². The lowest BCUT2D eigenvalue weighted by Crippen LogP contribution is -2.44. The van der Waals surface area contributed by atoms with Crippen molar-refractivity contribution in [3.8, 4) is 5.69 Å². The third-order valence-electron chi connectivity index (χ3n) is 7.16. The van der Waals surface area contributed by atoms with Crippen molar-refractivity contribution in [1.82, 2.24) is 14.9 Å². The van der Waals surface area contributed by atoms with Crippen LogP contribution in [-0.2, 0) is 9.53 Å². The first-order chi connectivity index (χ1) is 16.4. The molecule has 1 aromatic heterocycles. The Hall–Kier alpha value is -2.57. The number of nitrogens with zero attached hydrogens (tertiary/aromatic N) is 3. The van der Waals surface area contributed by atoms with Gasteiger partial charge in [-0.1, -0.05) is 37.6 Å². The first-order valence-corrected chi connectivity index (χ1v) is 12.7. The molecule has 2 fully saturated rings. The van der Waals surface area contributed by atoms with Crippen molar-refractivity contribution < 1.29 is 9.53 Å². The number of carbonyl (C=O) groups excluding carboxylic acids is 1. The fourth-order valence-corrected chi connectivity index (χ4v) is 5.13. The normalized spacial score (nSPS) is 19.3. The van der Waals surface area contributed by atoms with Crippen LogP contribution in [-0.4, -0.2) is 47.8 Å². The molecule has 0 radical (unpaired) electrons. The molecule has 2 saturated heterocycles. The fourth-order valence-electron chi connectivity index (χ4n) is 4.97. The van der Waals surface area contributed by atoms with Gasteiger partial charge in [-0.3, -0.25) is 9.36 Å². The molecule has 1 N–H and O–H groups in total. The fraction of sp³-hybridized carbons (Fsp3) is 0.481. The molecule has 34 heavy (non-hydrogen) atoms. The molecule has 6 nitrogen and oxygen atoms in total. The molecule has 1 amide bonds. The number of halogens is 1. The van der Waals surface area contributed by atoms with Crippen LogP contribution in [0, 0.1) is 12.8 Å². The molecule has 0 spiro atoms. The lowest BCUT2D eigenvalue weighted by Gasteiger charge is -2.33. The summed E-state index contributed by atoms with van der Waals surface area (Å²) in [6, 6.07) is 13.0. The van der Waals surface area contributed by atoms with E-state index in [4.69, 9.17) is 21.3 Å². The van der Waals surface area contributed by atoms with Gasteiger partial charge in [-0.15, -0.1) is 0 Å². The van der Waals surface area contributed by atoms with Crippen LogP contribution in [0.15, 0.2) is 36.4 Å². The molecule has 0 unspecified atom stereocenters. The zero-order valence-corrected chi connectivity index (χ0v) is 20.9. The van der Waals surface area contributed by atoms with Crippen molar-refractivity contribution in [3.63, 3.8) is 0 Å². The topological polar surface area (TPSA) is 59.4 Å². The van der Waals surface area contributed by atoms with E-state index in [-0.39, 0.29) is 17.9 Å². The lowest BCUT2D eigenvalue weighted by molar-refractivity contribution is -0.126. The first kappa shape index (κ1) is 23.2. The van der Waals surface area contributed by atoms with E-state index in [1.165, 1.54) is 5.56 Å². The minimum absolute atomic E-state index is 0.0386. The van der Waals surface area contributed by atoms with Crippen molar-refractivity contribution in [2.75, 3.05) is 31.2 Å². The van der Waals surface area contributed by atoms with E-state index < -0.39 is 0 Å². The summed E-state index contributed by atoms with van der Waals surface area (Å²) in [6.07, 6.45) is 2.54. The van der Waals surface area contributed by atoms with Crippen molar-refractivity contribution >= 4 is 34.5 Å². The van der Waals surface area contributed by atoms with E-state index in [1.54, 1.807) is 0 Å². The second-order valence-corrected chi connectivity index (χ2v) is 10.3. The highest BCUT2D eigenvalue weighted by Crippen LogP contribution is 2.33. The minimum atomic E-state index is 0.0386. The quantitative estimate of drug-likeness (QED) is 0.543. The Kier molecular flexibility index (Phi) is 6.54. The highest BCUT2D eigenvalue weighted by atomic mass is 35.5. The molecule has 2 aliphatic heterocycles. The lowest BCUT2D eigenvalue weighted by atomic mass is 9.95. The molecule has 0 bridgehead atoms. The Morgan fingerprint density at radius 3 is 2.53 bits per heavy atom. The molecular weight excluding hydrogens is 448 g/mol. The monoisotopic (exact) mass is 480 g/mol. The smallest absolute Gasteiger partial charge is 0.223 e. The zero-order valence-electron chi connectivity index (χ0n) is 20.2. The molecule has 180 valence electrons. The van der Waals surface area contributed by atoms with Crippen molar-refractivity contribution in [2.24, 2.45) is 5.92 Å². The number of rotatable bonds is 5. The summed E-state index contributed by atoms with van der Waals surface area (Å²) in [5.41, 5.74) is 5.38. The summed E-state index contributed by atoms with van der Waals surface area (Å²) in [5.74, 6) is 1.60. The summed E-state index contributed by atoms with van der Waals surface area (Å²) in [6.45, 7) is 9.39. The Bertz CT molecular complexity index is 1170. The number of aryl methyl sites for hydroxylation is 1. The SMILES string of the molecule is Cc1cc2c(cc1Cl)nc(N1CCC(C(=O)N[C@@H]3CCOC3)CC1)n2-c1ccc(C(C)C)cc1. The van der Waals surface area contributed by atoms with Gasteiger partial charge in [-0.05, 0) is 67.5 Å². The molecule has 3 aromatic rings. The summed E-state index contributed by atoms with van der Waals surface area (Å²) in [4.78, 5) is 20.1. The van der Waals surface area contributed by atoms with Crippen molar-refractivity contribution in [3.05, 3.63) is 52.5 Å². The van der Waals surface area contributed by atoms with Gasteiger partial charge in [0, 0.05) is 36.3 Å². The summed E-state index contributed by atoms with van der Waals surface area (Å²) in [5, 5.41) is 3.90. The molecule has 0 saturated carbocycles.